The van der Waals surface area contributed by atoms with Crippen LogP contribution >= 0.6 is 0 Å². The Hall–Kier alpha value is -1.72. The molecule has 0 aromatic rings. The molecule has 0 aliphatic heterocycles. The third kappa shape index (κ3) is 6.22. The largest absolute Gasteiger partial charge is 0.329 e. The van der Waals surface area contributed by atoms with Crippen molar-refractivity contribution in [3.63, 3.8) is 0 Å². The second kappa shape index (κ2) is 9.83. The van der Waals surface area contributed by atoms with Crippen LogP contribution in [-0.4, -0.2) is 26.5 Å². The van der Waals surface area contributed by atoms with Crippen LogP contribution in [0.15, 0.2) is 71.7 Å². The predicted octanol–water partition coefficient (Wildman–Crippen LogP) is 4.57. The SMILES string of the molecule is C=C/C=C\C1=C(C)CC(C)=C(/C=C(/F)C=C)CC1CC(CN)S(C)(=O)=O. The van der Waals surface area contributed by atoms with Crippen LogP contribution in [0.2, 0.25) is 0 Å². The van der Waals surface area contributed by atoms with Gasteiger partial charge in [0.25, 0.3) is 0 Å². The molecule has 144 valence electrons. The van der Waals surface area contributed by atoms with Crippen LogP contribution in [0, 0.1) is 5.92 Å². The second-order valence-corrected chi connectivity index (χ2v) is 9.20. The molecule has 2 atom stereocenters. The standard InChI is InChI=1S/C21H30FNO2S/c1-6-8-9-21-16(4)10-15(3)17(12-19(22)7-2)11-18(21)13-20(14-23)26(5,24)25/h6-9,12,18,20H,1-2,10-11,13-14,23H2,3-5H3/b9-8-,19-12+. The van der Waals surface area contributed by atoms with Crippen molar-refractivity contribution in [1.29, 1.82) is 0 Å². The third-order valence-electron chi connectivity index (χ3n) is 4.81. The first-order valence-corrected chi connectivity index (χ1v) is 10.6. The molecule has 0 fully saturated rings. The first-order chi connectivity index (χ1) is 12.1. The molecular weight excluding hydrogens is 349 g/mol. The molecule has 1 aliphatic carbocycles. The van der Waals surface area contributed by atoms with Gasteiger partial charge in [0, 0.05) is 12.8 Å². The third-order valence-corrected chi connectivity index (χ3v) is 6.41. The topological polar surface area (TPSA) is 60.2 Å². The van der Waals surface area contributed by atoms with E-state index in [4.69, 9.17) is 5.73 Å². The van der Waals surface area contributed by atoms with E-state index in [1.807, 2.05) is 26.0 Å². The maximum atomic E-state index is 13.8. The highest BCUT2D eigenvalue weighted by Gasteiger charge is 2.28. The van der Waals surface area contributed by atoms with Crippen LogP contribution < -0.4 is 5.73 Å². The molecule has 0 heterocycles. The van der Waals surface area contributed by atoms with E-state index in [2.05, 4.69) is 13.2 Å². The first kappa shape index (κ1) is 22.3. The molecule has 0 spiro atoms. The van der Waals surface area contributed by atoms with E-state index in [0.29, 0.717) is 12.8 Å². The van der Waals surface area contributed by atoms with E-state index in [1.54, 1.807) is 6.08 Å². The molecule has 2 unspecified atom stereocenters. The predicted molar refractivity (Wildman–Crippen MR) is 109 cm³/mol. The van der Waals surface area contributed by atoms with Gasteiger partial charge in [0.15, 0.2) is 9.84 Å². The molecule has 1 aliphatic rings. The molecule has 0 amide bonds. The van der Waals surface area contributed by atoms with Crippen LogP contribution in [0.4, 0.5) is 4.39 Å². The monoisotopic (exact) mass is 379 g/mol. The van der Waals surface area contributed by atoms with Gasteiger partial charge in [-0.15, -0.1) is 0 Å². The molecule has 0 saturated carbocycles. The number of hydrogen-bond donors (Lipinski definition) is 1. The summed E-state index contributed by atoms with van der Waals surface area (Å²) in [5.74, 6) is -0.449. The van der Waals surface area contributed by atoms with Crippen molar-refractivity contribution in [1.82, 2.24) is 0 Å². The van der Waals surface area contributed by atoms with Gasteiger partial charge in [0.1, 0.15) is 5.83 Å². The van der Waals surface area contributed by atoms with Gasteiger partial charge in [-0.2, -0.15) is 0 Å². The number of rotatable bonds is 8. The minimum Gasteiger partial charge on any atom is -0.329 e. The fourth-order valence-corrected chi connectivity index (χ4v) is 4.27. The number of sulfone groups is 1. The lowest BCUT2D eigenvalue weighted by atomic mass is 9.86. The average Bonchev–Trinajstić information content (AvgIpc) is 2.66. The Morgan fingerprint density at radius 3 is 2.50 bits per heavy atom. The van der Waals surface area contributed by atoms with Crippen molar-refractivity contribution in [2.24, 2.45) is 11.7 Å². The van der Waals surface area contributed by atoms with E-state index in [1.165, 1.54) is 18.4 Å². The van der Waals surface area contributed by atoms with Crippen LogP contribution in [0.3, 0.4) is 0 Å². The minimum atomic E-state index is -3.26. The van der Waals surface area contributed by atoms with Crippen LogP contribution in [0.1, 0.15) is 33.1 Å². The van der Waals surface area contributed by atoms with E-state index in [-0.39, 0.29) is 18.3 Å². The van der Waals surface area contributed by atoms with Crippen molar-refractivity contribution in [2.45, 2.75) is 38.4 Å². The normalized spacial score (nSPS) is 21.1. The summed E-state index contributed by atoms with van der Waals surface area (Å²) in [4.78, 5) is 0. The molecule has 26 heavy (non-hydrogen) atoms. The Bertz CT molecular complexity index is 770. The Morgan fingerprint density at radius 1 is 1.35 bits per heavy atom. The van der Waals surface area contributed by atoms with Crippen molar-refractivity contribution in [2.75, 3.05) is 12.8 Å². The van der Waals surface area contributed by atoms with Crippen molar-refractivity contribution >= 4 is 9.84 Å². The number of nitrogens with two attached hydrogens (primary N) is 1. The maximum absolute atomic E-state index is 13.8. The van der Waals surface area contributed by atoms with Crippen molar-refractivity contribution in [3.8, 4) is 0 Å². The molecule has 5 heteroatoms. The van der Waals surface area contributed by atoms with Gasteiger partial charge in [-0.25, -0.2) is 12.8 Å². The molecular formula is C21H30FNO2S. The fraction of sp³-hybridized carbons (Fsp3) is 0.429. The Labute approximate surface area is 157 Å². The van der Waals surface area contributed by atoms with Gasteiger partial charge in [0.05, 0.1) is 5.25 Å². The summed E-state index contributed by atoms with van der Waals surface area (Å²) in [6, 6.07) is 0. The minimum absolute atomic E-state index is 0.0595. The number of halogens is 1. The molecule has 3 nitrogen and oxygen atoms in total. The lowest BCUT2D eigenvalue weighted by Crippen LogP contribution is -2.31. The summed E-state index contributed by atoms with van der Waals surface area (Å²) < 4.78 is 38.0. The summed E-state index contributed by atoms with van der Waals surface area (Å²) >= 11 is 0. The lowest BCUT2D eigenvalue weighted by molar-refractivity contribution is 0.520. The number of hydrogen-bond acceptors (Lipinski definition) is 3. The lowest BCUT2D eigenvalue weighted by Gasteiger charge is -2.23. The van der Waals surface area contributed by atoms with E-state index >= 15 is 0 Å². The van der Waals surface area contributed by atoms with E-state index < -0.39 is 15.1 Å². The molecule has 0 aromatic heterocycles. The Morgan fingerprint density at radius 2 is 2.00 bits per heavy atom. The Balaban J connectivity index is 3.39. The van der Waals surface area contributed by atoms with E-state index in [9.17, 15) is 12.8 Å². The highest BCUT2D eigenvalue weighted by atomic mass is 32.2. The van der Waals surface area contributed by atoms with Crippen LogP contribution in [0.25, 0.3) is 0 Å². The summed E-state index contributed by atoms with van der Waals surface area (Å²) in [5, 5.41) is -0.625. The quantitative estimate of drug-likeness (QED) is 0.628. The Kier molecular flexibility index (Phi) is 8.44. The fourth-order valence-electron chi connectivity index (χ4n) is 3.34. The van der Waals surface area contributed by atoms with Crippen LogP contribution in [0.5, 0.6) is 0 Å². The zero-order valence-corrected chi connectivity index (χ0v) is 16.8. The molecule has 0 aromatic carbocycles. The smallest absolute Gasteiger partial charge is 0.151 e. The summed E-state index contributed by atoms with van der Waals surface area (Å²) in [5.41, 5.74) is 9.93. The molecule has 0 radical (unpaired) electrons. The highest BCUT2D eigenvalue weighted by molar-refractivity contribution is 7.91. The van der Waals surface area contributed by atoms with Crippen molar-refractivity contribution in [3.05, 3.63) is 71.7 Å². The van der Waals surface area contributed by atoms with Gasteiger partial charge < -0.3 is 5.73 Å². The van der Waals surface area contributed by atoms with Gasteiger partial charge >= 0.3 is 0 Å². The summed E-state index contributed by atoms with van der Waals surface area (Å²) in [6.45, 7) is 11.3. The summed E-state index contributed by atoms with van der Waals surface area (Å²) in [6.07, 6.45) is 11.1. The van der Waals surface area contributed by atoms with Crippen molar-refractivity contribution < 1.29 is 12.8 Å². The zero-order valence-electron chi connectivity index (χ0n) is 16.0. The molecule has 1 rings (SSSR count). The van der Waals surface area contributed by atoms with E-state index in [0.717, 1.165) is 28.7 Å². The zero-order chi connectivity index (χ0) is 19.9. The van der Waals surface area contributed by atoms with Gasteiger partial charge in [-0.3, -0.25) is 0 Å². The van der Waals surface area contributed by atoms with Crippen LogP contribution in [-0.2, 0) is 9.84 Å². The molecule has 2 N–H and O–H groups in total. The molecule has 0 bridgehead atoms. The maximum Gasteiger partial charge on any atom is 0.151 e. The van der Waals surface area contributed by atoms with Gasteiger partial charge in [-0.1, -0.05) is 42.5 Å². The average molecular weight is 380 g/mol. The summed E-state index contributed by atoms with van der Waals surface area (Å²) in [7, 11) is -3.26. The first-order valence-electron chi connectivity index (χ1n) is 8.69. The van der Waals surface area contributed by atoms with Gasteiger partial charge in [0.2, 0.25) is 0 Å². The second-order valence-electron chi connectivity index (χ2n) is 6.87. The molecule has 0 saturated heterocycles. The number of allylic oxidation sites excluding steroid dienone is 10. The highest BCUT2D eigenvalue weighted by Crippen LogP contribution is 2.37. The van der Waals surface area contributed by atoms with Gasteiger partial charge in [-0.05, 0) is 62.3 Å².